The van der Waals surface area contributed by atoms with Crippen LogP contribution in [0.2, 0.25) is 0 Å². The fourth-order valence-corrected chi connectivity index (χ4v) is 6.48. The summed E-state index contributed by atoms with van der Waals surface area (Å²) in [5.74, 6) is 1.93. The number of aliphatic hydroxyl groups is 2. The van der Waals surface area contributed by atoms with Gasteiger partial charge in [-0.3, -0.25) is 0 Å². The summed E-state index contributed by atoms with van der Waals surface area (Å²) in [6, 6.07) is 5.66. The molecule has 3 aliphatic carbocycles. The minimum atomic E-state index is -0.343. The largest absolute Gasteiger partial charge is 0.508 e. The topological polar surface area (TPSA) is 60.7 Å². The van der Waals surface area contributed by atoms with Crippen molar-refractivity contribution in [2.45, 2.75) is 64.1 Å². The molecular formula is C20H28O3. The lowest BCUT2D eigenvalue weighted by atomic mass is 9.53. The minimum absolute atomic E-state index is 0.0587. The second kappa shape index (κ2) is 5.22. The van der Waals surface area contributed by atoms with Crippen LogP contribution in [0.15, 0.2) is 18.2 Å². The molecule has 3 aliphatic rings. The molecule has 0 saturated heterocycles. The highest BCUT2D eigenvalue weighted by molar-refractivity contribution is 5.41. The van der Waals surface area contributed by atoms with E-state index in [1.807, 2.05) is 19.1 Å². The van der Waals surface area contributed by atoms with Crippen molar-refractivity contribution >= 4 is 0 Å². The van der Waals surface area contributed by atoms with E-state index in [1.165, 1.54) is 17.5 Å². The van der Waals surface area contributed by atoms with Gasteiger partial charge in [0.25, 0.3) is 0 Å². The third-order valence-corrected chi connectivity index (χ3v) is 7.34. The zero-order valence-electron chi connectivity index (χ0n) is 14.1. The molecule has 4 rings (SSSR count). The molecule has 2 fully saturated rings. The smallest absolute Gasteiger partial charge is 0.115 e. The summed E-state index contributed by atoms with van der Waals surface area (Å²) in [5, 5.41) is 31.0. The Hall–Kier alpha value is -1.06. The van der Waals surface area contributed by atoms with Crippen molar-refractivity contribution in [3.05, 3.63) is 29.3 Å². The number of aliphatic hydroxyl groups excluding tert-OH is 2. The first-order valence-electron chi connectivity index (χ1n) is 9.09. The van der Waals surface area contributed by atoms with E-state index in [1.54, 1.807) is 6.07 Å². The molecule has 126 valence electrons. The maximum absolute atomic E-state index is 11.0. The van der Waals surface area contributed by atoms with Crippen LogP contribution in [0.4, 0.5) is 0 Å². The van der Waals surface area contributed by atoms with Gasteiger partial charge in [0.15, 0.2) is 0 Å². The van der Waals surface area contributed by atoms with Gasteiger partial charge < -0.3 is 15.3 Å². The second-order valence-corrected chi connectivity index (χ2v) is 8.42. The summed E-state index contributed by atoms with van der Waals surface area (Å²) < 4.78 is 0. The number of hydrogen-bond acceptors (Lipinski definition) is 3. The fraction of sp³-hybridized carbons (Fsp3) is 0.700. The van der Waals surface area contributed by atoms with Gasteiger partial charge in [0, 0.05) is 5.92 Å². The zero-order valence-corrected chi connectivity index (χ0v) is 14.1. The Labute approximate surface area is 138 Å². The van der Waals surface area contributed by atoms with E-state index in [0.29, 0.717) is 23.5 Å². The molecule has 0 spiro atoms. The van der Waals surface area contributed by atoms with Crippen LogP contribution in [-0.4, -0.2) is 27.5 Å². The van der Waals surface area contributed by atoms with E-state index in [0.717, 1.165) is 25.7 Å². The Morgan fingerprint density at radius 3 is 2.74 bits per heavy atom. The van der Waals surface area contributed by atoms with Gasteiger partial charge in [-0.15, -0.1) is 0 Å². The Morgan fingerprint density at radius 2 is 2.00 bits per heavy atom. The first-order valence-corrected chi connectivity index (χ1v) is 9.09. The molecule has 3 N–H and O–H groups in total. The first kappa shape index (κ1) is 15.5. The molecule has 0 aliphatic heterocycles. The predicted octanol–water partition coefficient (Wildman–Crippen LogP) is 3.22. The lowest BCUT2D eigenvalue weighted by molar-refractivity contribution is -0.0754. The normalized spacial score (nSPS) is 43.4. The molecule has 5 unspecified atom stereocenters. The Balaban J connectivity index is 1.73. The van der Waals surface area contributed by atoms with Crippen molar-refractivity contribution in [1.29, 1.82) is 0 Å². The third-order valence-electron chi connectivity index (χ3n) is 7.34. The third kappa shape index (κ3) is 2.16. The van der Waals surface area contributed by atoms with Crippen LogP contribution < -0.4 is 0 Å². The molecule has 0 bridgehead atoms. The van der Waals surface area contributed by atoms with Gasteiger partial charge in [0.2, 0.25) is 0 Å². The van der Waals surface area contributed by atoms with Gasteiger partial charge in [-0.1, -0.05) is 13.0 Å². The highest BCUT2D eigenvalue weighted by atomic mass is 16.3. The summed E-state index contributed by atoms with van der Waals surface area (Å²) in [7, 11) is 0. The van der Waals surface area contributed by atoms with Crippen LogP contribution >= 0.6 is 0 Å². The Morgan fingerprint density at radius 1 is 1.22 bits per heavy atom. The van der Waals surface area contributed by atoms with E-state index in [9.17, 15) is 15.3 Å². The predicted molar refractivity (Wildman–Crippen MR) is 89.3 cm³/mol. The summed E-state index contributed by atoms with van der Waals surface area (Å²) >= 11 is 0. The summed E-state index contributed by atoms with van der Waals surface area (Å²) in [4.78, 5) is 0. The quantitative estimate of drug-likeness (QED) is 0.745. The van der Waals surface area contributed by atoms with E-state index in [2.05, 4.69) is 6.92 Å². The molecule has 0 amide bonds. The van der Waals surface area contributed by atoms with Crippen molar-refractivity contribution in [2.75, 3.05) is 0 Å². The van der Waals surface area contributed by atoms with Crippen LogP contribution in [0, 0.1) is 23.2 Å². The average Bonchev–Trinajstić information content (AvgIpc) is 2.83. The molecule has 7 atom stereocenters. The van der Waals surface area contributed by atoms with E-state index < -0.39 is 0 Å². The summed E-state index contributed by atoms with van der Waals surface area (Å²) in [6.07, 6.45) is 4.49. The van der Waals surface area contributed by atoms with Gasteiger partial charge in [0.05, 0.1) is 12.2 Å². The highest BCUT2D eigenvalue weighted by Crippen LogP contribution is 2.63. The molecule has 0 aromatic heterocycles. The van der Waals surface area contributed by atoms with Crippen molar-refractivity contribution in [1.82, 2.24) is 0 Å². The zero-order chi connectivity index (χ0) is 16.4. The molecule has 2 saturated carbocycles. The summed E-state index contributed by atoms with van der Waals surface area (Å²) in [5.41, 5.74) is 2.51. The van der Waals surface area contributed by atoms with Crippen molar-refractivity contribution in [3.63, 3.8) is 0 Å². The van der Waals surface area contributed by atoms with E-state index in [-0.39, 0.29) is 23.5 Å². The maximum atomic E-state index is 11.0. The monoisotopic (exact) mass is 316 g/mol. The molecule has 3 nitrogen and oxygen atoms in total. The first-order chi connectivity index (χ1) is 10.9. The minimum Gasteiger partial charge on any atom is -0.508 e. The Kier molecular flexibility index (Phi) is 3.51. The number of phenolic OH excluding ortho intramolecular Hbond substituents is 1. The van der Waals surface area contributed by atoms with Crippen molar-refractivity contribution < 1.29 is 15.3 Å². The van der Waals surface area contributed by atoms with Gasteiger partial charge in [-0.25, -0.2) is 0 Å². The Bertz CT molecular complexity index is 611. The number of phenols is 1. The number of hydrogen-bond donors (Lipinski definition) is 3. The van der Waals surface area contributed by atoms with E-state index in [4.69, 9.17) is 0 Å². The SMILES string of the molecule is CC(O)C1CCC2C3CCc4cc(O)ccc4C3[C@@H](O)C[C@]12C. The maximum Gasteiger partial charge on any atom is 0.115 e. The fourth-order valence-electron chi connectivity index (χ4n) is 6.48. The number of aryl methyl sites for hydroxylation is 1. The van der Waals surface area contributed by atoms with Crippen LogP contribution in [0.3, 0.4) is 0 Å². The molecular weight excluding hydrogens is 288 g/mol. The second-order valence-electron chi connectivity index (χ2n) is 8.42. The van der Waals surface area contributed by atoms with Crippen LogP contribution in [-0.2, 0) is 6.42 Å². The molecule has 3 heteroatoms. The molecule has 0 radical (unpaired) electrons. The average molecular weight is 316 g/mol. The summed E-state index contributed by atoms with van der Waals surface area (Å²) in [6.45, 7) is 4.21. The van der Waals surface area contributed by atoms with Gasteiger partial charge in [-0.05, 0) is 85.5 Å². The molecule has 1 aromatic carbocycles. The van der Waals surface area contributed by atoms with Crippen LogP contribution in [0.25, 0.3) is 0 Å². The number of fused-ring (bicyclic) bond motifs is 5. The molecule has 1 aromatic rings. The molecule has 23 heavy (non-hydrogen) atoms. The van der Waals surface area contributed by atoms with Gasteiger partial charge >= 0.3 is 0 Å². The van der Waals surface area contributed by atoms with Crippen molar-refractivity contribution in [3.8, 4) is 5.75 Å². The van der Waals surface area contributed by atoms with Crippen LogP contribution in [0.5, 0.6) is 5.75 Å². The van der Waals surface area contributed by atoms with Gasteiger partial charge in [0.1, 0.15) is 5.75 Å². The standard InChI is InChI=1S/C20H28O3/c1-11(21)16-7-8-17-15-5-3-12-9-13(22)4-6-14(12)19(15)18(23)10-20(16,17)2/h4,6,9,11,15-19,21-23H,3,5,7-8,10H2,1-2H3/t11?,15?,16?,17?,18-,19?,20+/m0/s1. The lowest BCUT2D eigenvalue weighted by Crippen LogP contribution is -2.50. The van der Waals surface area contributed by atoms with E-state index >= 15 is 0 Å². The number of rotatable bonds is 1. The van der Waals surface area contributed by atoms with Gasteiger partial charge in [-0.2, -0.15) is 0 Å². The number of benzene rings is 1. The van der Waals surface area contributed by atoms with Crippen LogP contribution in [0.1, 0.15) is 56.6 Å². The highest BCUT2D eigenvalue weighted by Gasteiger charge is 2.58. The number of aromatic hydroxyl groups is 1. The molecule has 0 heterocycles. The van der Waals surface area contributed by atoms with Crippen molar-refractivity contribution in [2.24, 2.45) is 23.2 Å². The lowest BCUT2D eigenvalue weighted by Gasteiger charge is -2.53.